The average Bonchev–Trinajstić information content (AvgIpc) is 2.74. The van der Waals surface area contributed by atoms with Gasteiger partial charge in [0.05, 0.1) is 0 Å². The Kier molecular flexibility index (Phi) is 7.45. The highest BCUT2D eigenvalue weighted by Gasteiger charge is 2.23. The molecule has 0 bridgehead atoms. The van der Waals surface area contributed by atoms with Crippen molar-refractivity contribution in [2.75, 3.05) is 26.2 Å². The van der Waals surface area contributed by atoms with Crippen molar-refractivity contribution in [1.82, 2.24) is 9.80 Å². The van der Waals surface area contributed by atoms with Crippen molar-refractivity contribution in [1.29, 1.82) is 0 Å². The minimum absolute atomic E-state index is 0.196. The number of benzene rings is 2. The van der Waals surface area contributed by atoms with Crippen molar-refractivity contribution in [2.45, 2.75) is 46.0 Å². The predicted molar refractivity (Wildman–Crippen MR) is 117 cm³/mol. The van der Waals surface area contributed by atoms with Crippen molar-refractivity contribution >= 4 is 11.8 Å². The maximum absolute atomic E-state index is 12.6. The lowest BCUT2D eigenvalue weighted by Crippen LogP contribution is -2.50. The number of nitrogens with zero attached hydrogens (tertiary/aromatic N) is 2. The Labute approximate surface area is 174 Å². The van der Waals surface area contributed by atoms with Crippen molar-refractivity contribution in [3.05, 3.63) is 70.8 Å². The van der Waals surface area contributed by atoms with Gasteiger partial charge in [0.2, 0.25) is 11.8 Å². The van der Waals surface area contributed by atoms with E-state index >= 15 is 0 Å². The second-order valence-electron chi connectivity index (χ2n) is 8.03. The second-order valence-corrected chi connectivity index (χ2v) is 8.03. The molecule has 2 amide bonds. The lowest BCUT2D eigenvalue weighted by atomic mass is 10.0. The summed E-state index contributed by atoms with van der Waals surface area (Å²) in [6, 6.07) is 16.7. The molecule has 1 saturated heterocycles. The fourth-order valence-corrected chi connectivity index (χ4v) is 3.98. The summed E-state index contributed by atoms with van der Waals surface area (Å²) >= 11 is 0. The minimum atomic E-state index is 0.196. The Morgan fingerprint density at radius 3 is 2.03 bits per heavy atom. The summed E-state index contributed by atoms with van der Waals surface area (Å²) in [5, 5.41) is 0. The molecule has 3 rings (SSSR count). The Balaban J connectivity index is 1.37. The van der Waals surface area contributed by atoms with Gasteiger partial charge < -0.3 is 9.80 Å². The summed E-state index contributed by atoms with van der Waals surface area (Å²) < 4.78 is 0. The molecule has 0 N–H and O–H groups in total. The summed E-state index contributed by atoms with van der Waals surface area (Å²) in [5.74, 6) is 0.407. The van der Waals surface area contributed by atoms with E-state index in [0.29, 0.717) is 39.0 Å². The normalized spacial score (nSPS) is 14.1. The van der Waals surface area contributed by atoms with E-state index in [9.17, 15) is 9.59 Å². The van der Waals surface area contributed by atoms with E-state index in [1.54, 1.807) is 0 Å². The highest BCUT2D eigenvalue weighted by atomic mass is 16.2. The standard InChI is InChI=1S/C25H32N2O2/c1-20-11-12-23(21(2)19-20)13-14-25(29)27-17-15-26(16-18-27)24(28)10-6-9-22-7-4-3-5-8-22/h3-5,7-8,11-12,19H,6,9-10,13-18H2,1-2H3. The summed E-state index contributed by atoms with van der Waals surface area (Å²) in [7, 11) is 0. The smallest absolute Gasteiger partial charge is 0.223 e. The third kappa shape index (κ3) is 6.18. The molecule has 0 aliphatic carbocycles. The van der Waals surface area contributed by atoms with Crippen LogP contribution in [0.3, 0.4) is 0 Å². The minimum Gasteiger partial charge on any atom is -0.339 e. The first-order valence-electron chi connectivity index (χ1n) is 10.7. The summed E-state index contributed by atoms with van der Waals surface area (Å²) in [6.07, 6.45) is 3.70. The number of hydrogen-bond donors (Lipinski definition) is 0. The lowest BCUT2D eigenvalue weighted by molar-refractivity contribution is -0.139. The van der Waals surface area contributed by atoms with Crippen LogP contribution >= 0.6 is 0 Å². The predicted octanol–water partition coefficient (Wildman–Crippen LogP) is 3.93. The molecule has 0 atom stereocenters. The number of aryl methyl sites for hydroxylation is 4. The fourth-order valence-electron chi connectivity index (χ4n) is 3.98. The SMILES string of the molecule is Cc1ccc(CCC(=O)N2CCN(C(=O)CCCc3ccccc3)CC2)c(C)c1. The van der Waals surface area contributed by atoms with Crippen LogP contribution in [0.25, 0.3) is 0 Å². The third-order valence-electron chi connectivity index (χ3n) is 5.79. The molecule has 0 saturated carbocycles. The first-order chi connectivity index (χ1) is 14.0. The van der Waals surface area contributed by atoms with Gasteiger partial charge in [-0.1, -0.05) is 54.1 Å². The molecule has 0 radical (unpaired) electrons. The Morgan fingerprint density at radius 2 is 1.41 bits per heavy atom. The van der Waals surface area contributed by atoms with Crippen molar-refractivity contribution in [3.8, 4) is 0 Å². The number of piperazine rings is 1. The Hall–Kier alpha value is -2.62. The first-order valence-corrected chi connectivity index (χ1v) is 10.7. The van der Waals surface area contributed by atoms with Gasteiger partial charge in [0.1, 0.15) is 0 Å². The second kappa shape index (κ2) is 10.2. The zero-order valence-electron chi connectivity index (χ0n) is 17.7. The van der Waals surface area contributed by atoms with E-state index in [1.165, 1.54) is 22.3 Å². The molecule has 0 spiro atoms. The monoisotopic (exact) mass is 392 g/mol. The molecule has 1 aliphatic rings. The quantitative estimate of drug-likeness (QED) is 0.716. The lowest BCUT2D eigenvalue weighted by Gasteiger charge is -2.35. The van der Waals surface area contributed by atoms with Crippen molar-refractivity contribution < 1.29 is 9.59 Å². The van der Waals surface area contributed by atoms with Crippen LogP contribution in [0.5, 0.6) is 0 Å². The molecular weight excluding hydrogens is 360 g/mol. The number of amides is 2. The number of carbonyl (C=O) groups is 2. The molecule has 1 aliphatic heterocycles. The molecule has 1 fully saturated rings. The molecule has 0 unspecified atom stereocenters. The molecule has 2 aromatic carbocycles. The van der Waals surface area contributed by atoms with E-state index in [0.717, 1.165) is 19.3 Å². The zero-order chi connectivity index (χ0) is 20.6. The van der Waals surface area contributed by atoms with Crippen LogP contribution in [0.15, 0.2) is 48.5 Å². The van der Waals surface area contributed by atoms with E-state index in [2.05, 4.69) is 44.2 Å². The van der Waals surface area contributed by atoms with Crippen molar-refractivity contribution in [2.24, 2.45) is 0 Å². The molecular formula is C25H32N2O2. The van der Waals surface area contributed by atoms with Crippen LogP contribution < -0.4 is 0 Å². The van der Waals surface area contributed by atoms with Crippen LogP contribution in [0.2, 0.25) is 0 Å². The van der Waals surface area contributed by atoms with Gasteiger partial charge in [-0.25, -0.2) is 0 Å². The van der Waals surface area contributed by atoms with Gasteiger partial charge in [-0.2, -0.15) is 0 Å². The highest BCUT2D eigenvalue weighted by Crippen LogP contribution is 2.14. The van der Waals surface area contributed by atoms with Crippen molar-refractivity contribution in [3.63, 3.8) is 0 Å². The molecule has 154 valence electrons. The van der Waals surface area contributed by atoms with E-state index in [1.807, 2.05) is 28.0 Å². The van der Waals surface area contributed by atoms with Crippen LogP contribution in [-0.4, -0.2) is 47.8 Å². The maximum Gasteiger partial charge on any atom is 0.223 e. The van der Waals surface area contributed by atoms with Gasteiger partial charge in [0.15, 0.2) is 0 Å². The maximum atomic E-state index is 12.6. The number of rotatable bonds is 7. The van der Waals surface area contributed by atoms with Gasteiger partial charge in [-0.3, -0.25) is 9.59 Å². The van der Waals surface area contributed by atoms with Crippen LogP contribution in [-0.2, 0) is 22.4 Å². The number of carbonyl (C=O) groups excluding carboxylic acids is 2. The van der Waals surface area contributed by atoms with Gasteiger partial charge in [0.25, 0.3) is 0 Å². The van der Waals surface area contributed by atoms with E-state index in [4.69, 9.17) is 0 Å². The first kappa shape index (κ1) is 21.1. The molecule has 1 heterocycles. The van der Waals surface area contributed by atoms with E-state index < -0.39 is 0 Å². The van der Waals surface area contributed by atoms with Gasteiger partial charge in [-0.15, -0.1) is 0 Å². The third-order valence-corrected chi connectivity index (χ3v) is 5.79. The zero-order valence-corrected chi connectivity index (χ0v) is 17.7. The van der Waals surface area contributed by atoms with E-state index in [-0.39, 0.29) is 11.8 Å². The fraction of sp³-hybridized carbons (Fsp3) is 0.440. The van der Waals surface area contributed by atoms with Gasteiger partial charge in [0, 0.05) is 39.0 Å². The molecule has 29 heavy (non-hydrogen) atoms. The highest BCUT2D eigenvalue weighted by molar-refractivity contribution is 5.78. The summed E-state index contributed by atoms with van der Waals surface area (Å²) in [4.78, 5) is 28.9. The molecule has 2 aromatic rings. The van der Waals surface area contributed by atoms with Gasteiger partial charge >= 0.3 is 0 Å². The Bertz CT molecular complexity index is 824. The summed E-state index contributed by atoms with van der Waals surface area (Å²) in [5.41, 5.74) is 5.03. The largest absolute Gasteiger partial charge is 0.339 e. The molecule has 4 nitrogen and oxygen atoms in total. The Morgan fingerprint density at radius 1 is 0.793 bits per heavy atom. The number of hydrogen-bond acceptors (Lipinski definition) is 2. The average molecular weight is 393 g/mol. The summed E-state index contributed by atoms with van der Waals surface area (Å²) in [6.45, 7) is 6.80. The molecule has 0 aromatic heterocycles. The topological polar surface area (TPSA) is 40.6 Å². The van der Waals surface area contributed by atoms with Crippen LogP contribution in [0, 0.1) is 13.8 Å². The molecule has 4 heteroatoms. The van der Waals surface area contributed by atoms with Crippen LogP contribution in [0.1, 0.15) is 41.5 Å². The van der Waals surface area contributed by atoms with Crippen LogP contribution in [0.4, 0.5) is 0 Å². The van der Waals surface area contributed by atoms with Gasteiger partial charge in [-0.05, 0) is 49.8 Å².